The van der Waals surface area contributed by atoms with Crippen molar-refractivity contribution in [3.05, 3.63) is 58.9 Å². The van der Waals surface area contributed by atoms with Gasteiger partial charge in [0.15, 0.2) is 0 Å². The van der Waals surface area contributed by atoms with E-state index in [4.69, 9.17) is 4.52 Å². The number of anilines is 2. The summed E-state index contributed by atoms with van der Waals surface area (Å²) in [6, 6.07) is 15.3. The van der Waals surface area contributed by atoms with E-state index in [1.807, 2.05) is 48.5 Å². The topological polar surface area (TPSA) is 91.6 Å². The molecule has 2 aromatic carbocycles. The third-order valence-corrected chi connectivity index (χ3v) is 6.80. The minimum Gasteiger partial charge on any atom is -0.338 e. The van der Waals surface area contributed by atoms with Gasteiger partial charge in [-0.05, 0) is 62.2 Å². The minimum absolute atomic E-state index is 0.00931. The van der Waals surface area contributed by atoms with Crippen molar-refractivity contribution < 1.29 is 14.1 Å². The van der Waals surface area contributed by atoms with Crippen LogP contribution in [0, 0.1) is 5.92 Å². The second kappa shape index (κ2) is 10.1. The molecule has 8 nitrogen and oxygen atoms in total. The van der Waals surface area contributed by atoms with Crippen molar-refractivity contribution in [1.82, 2.24) is 15.0 Å². The van der Waals surface area contributed by atoms with Gasteiger partial charge >= 0.3 is 0 Å². The van der Waals surface area contributed by atoms with Gasteiger partial charge in [0.1, 0.15) is 0 Å². The van der Waals surface area contributed by atoms with Crippen LogP contribution in [0.1, 0.15) is 31.6 Å². The van der Waals surface area contributed by atoms with Crippen LogP contribution < -0.4 is 10.2 Å². The van der Waals surface area contributed by atoms with Crippen molar-refractivity contribution in [1.29, 1.82) is 0 Å². The highest BCUT2D eigenvalue weighted by Crippen LogP contribution is 2.25. The molecule has 34 heavy (non-hydrogen) atoms. The van der Waals surface area contributed by atoms with Gasteiger partial charge in [0.05, 0.1) is 12.5 Å². The Morgan fingerprint density at radius 3 is 2.76 bits per heavy atom. The van der Waals surface area contributed by atoms with Crippen molar-refractivity contribution in [2.75, 3.05) is 29.9 Å². The lowest BCUT2D eigenvalue weighted by atomic mass is 9.97. The summed E-state index contributed by atoms with van der Waals surface area (Å²) < 4.78 is 6.43. The van der Waals surface area contributed by atoms with E-state index < -0.39 is 0 Å². The number of benzene rings is 2. The Kier molecular flexibility index (Phi) is 6.73. The number of carbonyl (C=O) groups excluding carboxylic acids is 2. The van der Waals surface area contributed by atoms with Gasteiger partial charge in [0.25, 0.3) is 0 Å². The van der Waals surface area contributed by atoms with Crippen LogP contribution >= 0.6 is 15.9 Å². The number of aromatic nitrogens is 2. The predicted molar refractivity (Wildman–Crippen MR) is 132 cm³/mol. The Bertz CT molecular complexity index is 1180. The number of hydrogen-bond donors (Lipinski definition) is 1. The largest absolute Gasteiger partial charge is 0.338 e. The fourth-order valence-corrected chi connectivity index (χ4v) is 4.96. The van der Waals surface area contributed by atoms with E-state index in [9.17, 15) is 9.59 Å². The molecule has 2 saturated heterocycles. The minimum atomic E-state index is -0.110. The van der Waals surface area contributed by atoms with Gasteiger partial charge in [-0.1, -0.05) is 33.2 Å². The molecule has 176 valence electrons. The lowest BCUT2D eigenvalue weighted by Gasteiger charge is -2.30. The van der Waals surface area contributed by atoms with Crippen molar-refractivity contribution in [2.45, 2.75) is 32.2 Å². The monoisotopic (exact) mass is 523 g/mol. The summed E-state index contributed by atoms with van der Waals surface area (Å²) in [6.07, 6.45) is 3.27. The Balaban J connectivity index is 1.17. The predicted octanol–water partition coefficient (Wildman–Crippen LogP) is 4.48. The quantitative estimate of drug-likeness (QED) is 0.512. The van der Waals surface area contributed by atoms with Crippen LogP contribution in [0.2, 0.25) is 0 Å². The number of nitrogens with one attached hydrogen (secondary N) is 1. The summed E-state index contributed by atoms with van der Waals surface area (Å²) in [5, 5.41) is 7.14. The van der Waals surface area contributed by atoms with E-state index in [2.05, 4.69) is 36.3 Å². The normalized spacial score (nSPS) is 18.9. The molecule has 0 aliphatic carbocycles. The van der Waals surface area contributed by atoms with E-state index in [1.54, 1.807) is 4.90 Å². The highest BCUT2D eigenvalue weighted by molar-refractivity contribution is 9.10. The molecule has 0 bridgehead atoms. The Morgan fingerprint density at radius 1 is 1.15 bits per heavy atom. The van der Waals surface area contributed by atoms with Gasteiger partial charge < -0.3 is 14.7 Å². The van der Waals surface area contributed by atoms with Crippen LogP contribution in [0.15, 0.2) is 57.5 Å². The van der Waals surface area contributed by atoms with Gasteiger partial charge in [0.2, 0.25) is 23.5 Å². The first kappa shape index (κ1) is 22.7. The first-order valence-corrected chi connectivity index (χ1v) is 12.4. The van der Waals surface area contributed by atoms with E-state index >= 15 is 0 Å². The second-order valence-corrected chi connectivity index (χ2v) is 9.70. The summed E-state index contributed by atoms with van der Waals surface area (Å²) in [5.41, 5.74) is 2.51. The summed E-state index contributed by atoms with van der Waals surface area (Å²) >= 11 is 3.46. The van der Waals surface area contributed by atoms with Crippen LogP contribution in [0.4, 0.5) is 11.4 Å². The molecule has 1 N–H and O–H groups in total. The van der Waals surface area contributed by atoms with Gasteiger partial charge in [-0.2, -0.15) is 4.98 Å². The summed E-state index contributed by atoms with van der Waals surface area (Å²) in [6.45, 7) is 2.80. The Hall–Kier alpha value is -3.04. The maximum atomic E-state index is 12.9. The number of nitrogens with zero attached hydrogens (tertiary/aromatic N) is 4. The van der Waals surface area contributed by atoms with Gasteiger partial charge in [-0.3, -0.25) is 14.5 Å². The van der Waals surface area contributed by atoms with Crippen molar-refractivity contribution >= 4 is 39.1 Å². The van der Waals surface area contributed by atoms with Gasteiger partial charge in [-0.25, -0.2) is 0 Å². The molecule has 2 amide bonds. The van der Waals surface area contributed by atoms with Crippen molar-refractivity contribution in [3.8, 4) is 11.4 Å². The Labute approximate surface area is 206 Å². The molecule has 9 heteroatoms. The maximum absolute atomic E-state index is 12.9. The number of carbonyl (C=O) groups is 2. The third-order valence-electron chi connectivity index (χ3n) is 6.31. The van der Waals surface area contributed by atoms with Crippen molar-refractivity contribution in [2.24, 2.45) is 5.92 Å². The summed E-state index contributed by atoms with van der Waals surface area (Å²) in [7, 11) is 0. The number of piperidine rings is 1. The average Bonchev–Trinajstić information content (AvgIpc) is 3.49. The zero-order chi connectivity index (χ0) is 23.5. The number of amides is 2. The first-order valence-electron chi connectivity index (χ1n) is 11.6. The molecule has 2 aliphatic heterocycles. The SMILES string of the molecule is O=C(Nc1ccc(N2CCCC2=O)cc1)C1CCCN(Cc2nc(-c3cccc(Br)c3)no2)C1. The van der Waals surface area contributed by atoms with Crippen LogP contribution in [0.25, 0.3) is 11.4 Å². The molecule has 3 aromatic rings. The molecule has 2 fully saturated rings. The number of rotatable bonds is 6. The molecule has 0 saturated carbocycles. The number of likely N-dealkylation sites (tertiary alicyclic amines) is 1. The average molecular weight is 524 g/mol. The molecule has 1 unspecified atom stereocenters. The highest BCUT2D eigenvalue weighted by Gasteiger charge is 2.27. The molecular weight excluding hydrogens is 498 g/mol. The lowest BCUT2D eigenvalue weighted by molar-refractivity contribution is -0.121. The van der Waals surface area contributed by atoms with Crippen LogP contribution in [-0.2, 0) is 16.1 Å². The fourth-order valence-electron chi connectivity index (χ4n) is 4.56. The molecule has 5 rings (SSSR count). The molecule has 1 aromatic heterocycles. The van der Waals surface area contributed by atoms with Gasteiger partial charge in [0, 0.05) is 40.9 Å². The molecule has 2 aliphatic rings. The van der Waals surface area contributed by atoms with Crippen LogP contribution in [0.3, 0.4) is 0 Å². The molecular formula is C25H26BrN5O3. The standard InChI is InChI=1S/C25H26BrN5O3/c26-19-6-1-4-17(14-19)24-28-22(34-29-24)16-30-12-2-5-18(15-30)25(33)27-20-8-10-21(11-9-20)31-13-3-7-23(31)32/h1,4,6,8-11,14,18H,2-3,5,7,12-13,15-16H2,(H,27,33). The smallest absolute Gasteiger partial charge is 0.241 e. The first-order chi connectivity index (χ1) is 16.5. The van der Waals surface area contributed by atoms with Gasteiger partial charge in [-0.15, -0.1) is 0 Å². The highest BCUT2D eigenvalue weighted by atomic mass is 79.9. The molecule has 0 radical (unpaired) electrons. The van der Waals surface area contributed by atoms with E-state index in [0.29, 0.717) is 31.2 Å². The van der Waals surface area contributed by atoms with E-state index in [-0.39, 0.29) is 17.7 Å². The second-order valence-electron chi connectivity index (χ2n) is 8.78. The third kappa shape index (κ3) is 5.20. The zero-order valence-electron chi connectivity index (χ0n) is 18.7. The summed E-state index contributed by atoms with van der Waals surface area (Å²) in [5.74, 6) is 1.16. The molecule has 1 atom stereocenters. The van der Waals surface area contributed by atoms with Crippen LogP contribution in [-0.4, -0.2) is 46.5 Å². The summed E-state index contributed by atoms with van der Waals surface area (Å²) in [4.78, 5) is 33.4. The Morgan fingerprint density at radius 2 is 2.00 bits per heavy atom. The van der Waals surface area contributed by atoms with E-state index in [0.717, 1.165) is 53.8 Å². The van der Waals surface area contributed by atoms with Crippen molar-refractivity contribution in [3.63, 3.8) is 0 Å². The maximum Gasteiger partial charge on any atom is 0.241 e. The molecule has 0 spiro atoms. The fraction of sp³-hybridized carbons (Fsp3) is 0.360. The molecule has 3 heterocycles. The van der Waals surface area contributed by atoms with E-state index in [1.165, 1.54) is 0 Å². The number of halogens is 1. The lowest BCUT2D eigenvalue weighted by Crippen LogP contribution is -2.40. The number of hydrogen-bond acceptors (Lipinski definition) is 6. The zero-order valence-corrected chi connectivity index (χ0v) is 20.3. The van der Waals surface area contributed by atoms with Crippen LogP contribution in [0.5, 0.6) is 0 Å².